The van der Waals surface area contributed by atoms with Crippen LogP contribution in [0.1, 0.15) is 6.42 Å². The molecule has 1 atom stereocenters. The van der Waals surface area contributed by atoms with Crippen LogP contribution in [-0.2, 0) is 22.1 Å². The van der Waals surface area contributed by atoms with E-state index in [1.54, 1.807) is 30.5 Å². The number of carbonyl (C=O) groups is 1. The quantitative estimate of drug-likeness (QED) is 0.781. The van der Waals surface area contributed by atoms with Crippen molar-refractivity contribution in [1.29, 1.82) is 0 Å². The molecular formula is C18H18N2O2S. The summed E-state index contributed by atoms with van der Waals surface area (Å²) < 4.78 is 13.4. The molecule has 0 saturated carbocycles. The van der Waals surface area contributed by atoms with Crippen molar-refractivity contribution in [2.75, 3.05) is 11.6 Å². The molecule has 118 valence electrons. The molecular weight excluding hydrogens is 308 g/mol. The lowest BCUT2D eigenvalue weighted by Crippen LogP contribution is -2.14. The fourth-order valence-corrected chi connectivity index (χ4v) is 3.03. The molecule has 1 heterocycles. The summed E-state index contributed by atoms with van der Waals surface area (Å²) in [7, 11) is -1.00. The Morgan fingerprint density at radius 2 is 1.83 bits per heavy atom. The Labute approximate surface area is 137 Å². The van der Waals surface area contributed by atoms with Gasteiger partial charge in [0.25, 0.3) is 0 Å². The van der Waals surface area contributed by atoms with Gasteiger partial charge < -0.3 is 9.88 Å². The Morgan fingerprint density at radius 1 is 1.09 bits per heavy atom. The van der Waals surface area contributed by atoms with Crippen molar-refractivity contribution in [3.63, 3.8) is 0 Å². The first-order chi connectivity index (χ1) is 11.1. The minimum atomic E-state index is -1.00. The second kappa shape index (κ2) is 6.79. The molecule has 5 heteroatoms. The Morgan fingerprint density at radius 3 is 2.57 bits per heavy atom. The second-order valence-corrected chi connectivity index (χ2v) is 6.72. The summed E-state index contributed by atoms with van der Waals surface area (Å²) in [4.78, 5) is 12.8. The first-order valence-electron chi connectivity index (χ1n) is 7.41. The minimum absolute atomic E-state index is 0.0341. The number of para-hydroxylation sites is 1. The SMILES string of the molecule is C[S@](=O)c1ccc(NC(=O)CCn2ccc3ccccc32)cc1. The Kier molecular flexibility index (Phi) is 4.57. The van der Waals surface area contributed by atoms with Gasteiger partial charge in [-0.15, -0.1) is 0 Å². The molecule has 3 rings (SSSR count). The third kappa shape index (κ3) is 3.68. The molecule has 0 bridgehead atoms. The van der Waals surface area contributed by atoms with Gasteiger partial charge in [-0.2, -0.15) is 0 Å². The number of benzene rings is 2. The maximum Gasteiger partial charge on any atom is 0.226 e. The van der Waals surface area contributed by atoms with Crippen LogP contribution in [0.4, 0.5) is 5.69 Å². The number of aromatic nitrogens is 1. The van der Waals surface area contributed by atoms with Gasteiger partial charge in [0, 0.05) is 52.3 Å². The topological polar surface area (TPSA) is 51.1 Å². The van der Waals surface area contributed by atoms with Crippen LogP contribution in [0.2, 0.25) is 0 Å². The second-order valence-electron chi connectivity index (χ2n) is 5.34. The first kappa shape index (κ1) is 15.5. The van der Waals surface area contributed by atoms with Gasteiger partial charge >= 0.3 is 0 Å². The lowest BCUT2D eigenvalue weighted by atomic mass is 10.2. The lowest BCUT2D eigenvalue weighted by Gasteiger charge is -2.07. The minimum Gasteiger partial charge on any atom is -0.347 e. The van der Waals surface area contributed by atoms with Gasteiger partial charge in [-0.1, -0.05) is 18.2 Å². The zero-order valence-corrected chi connectivity index (χ0v) is 13.7. The molecule has 1 amide bonds. The number of aryl methyl sites for hydroxylation is 1. The third-order valence-electron chi connectivity index (χ3n) is 3.73. The van der Waals surface area contributed by atoms with E-state index in [1.807, 2.05) is 18.3 Å². The number of hydrogen-bond donors (Lipinski definition) is 1. The van der Waals surface area contributed by atoms with Crippen LogP contribution in [0.5, 0.6) is 0 Å². The summed E-state index contributed by atoms with van der Waals surface area (Å²) in [6.45, 7) is 0.635. The predicted octanol–water partition coefficient (Wildman–Crippen LogP) is 3.41. The largest absolute Gasteiger partial charge is 0.347 e. The van der Waals surface area contributed by atoms with E-state index in [0.717, 1.165) is 16.1 Å². The normalized spacial score (nSPS) is 12.2. The summed E-state index contributed by atoms with van der Waals surface area (Å²) in [5, 5.41) is 4.04. The van der Waals surface area contributed by atoms with Gasteiger partial charge in [0.15, 0.2) is 0 Å². The molecule has 4 nitrogen and oxygen atoms in total. The molecule has 0 aliphatic carbocycles. The van der Waals surface area contributed by atoms with Crippen LogP contribution in [0.3, 0.4) is 0 Å². The average Bonchev–Trinajstić information content (AvgIpc) is 2.97. The number of nitrogens with one attached hydrogen (secondary N) is 1. The highest BCUT2D eigenvalue weighted by molar-refractivity contribution is 7.84. The molecule has 3 aromatic rings. The predicted molar refractivity (Wildman–Crippen MR) is 94.0 cm³/mol. The number of nitrogens with zero attached hydrogens (tertiary/aromatic N) is 1. The van der Waals surface area contributed by atoms with E-state index in [9.17, 15) is 9.00 Å². The maximum absolute atomic E-state index is 12.1. The number of carbonyl (C=O) groups excluding carboxylic acids is 1. The van der Waals surface area contributed by atoms with Crippen LogP contribution >= 0.6 is 0 Å². The van der Waals surface area contributed by atoms with Crippen molar-refractivity contribution >= 4 is 33.3 Å². The van der Waals surface area contributed by atoms with E-state index in [-0.39, 0.29) is 5.91 Å². The summed E-state index contributed by atoms with van der Waals surface area (Å²) in [6.07, 6.45) is 4.04. The molecule has 0 aliphatic rings. The van der Waals surface area contributed by atoms with Crippen LogP contribution in [0, 0.1) is 0 Å². The number of hydrogen-bond acceptors (Lipinski definition) is 2. The van der Waals surface area contributed by atoms with Gasteiger partial charge in [-0.05, 0) is 41.8 Å². The lowest BCUT2D eigenvalue weighted by molar-refractivity contribution is -0.116. The molecule has 0 fully saturated rings. The molecule has 0 unspecified atom stereocenters. The maximum atomic E-state index is 12.1. The van der Waals surface area contributed by atoms with Gasteiger partial charge in [0.1, 0.15) is 0 Å². The van der Waals surface area contributed by atoms with E-state index in [2.05, 4.69) is 28.1 Å². The molecule has 0 aliphatic heterocycles. The summed E-state index contributed by atoms with van der Waals surface area (Å²) in [5.74, 6) is -0.0341. The van der Waals surface area contributed by atoms with Crippen molar-refractivity contribution in [1.82, 2.24) is 4.57 Å². The van der Waals surface area contributed by atoms with Crippen molar-refractivity contribution in [3.05, 3.63) is 60.8 Å². The van der Waals surface area contributed by atoms with E-state index in [1.165, 1.54) is 5.39 Å². The Balaban J connectivity index is 1.60. The van der Waals surface area contributed by atoms with Crippen LogP contribution in [0.25, 0.3) is 10.9 Å². The molecule has 1 aromatic heterocycles. The zero-order chi connectivity index (χ0) is 16.2. The van der Waals surface area contributed by atoms with E-state index >= 15 is 0 Å². The molecule has 0 saturated heterocycles. The molecule has 2 aromatic carbocycles. The summed E-state index contributed by atoms with van der Waals surface area (Å²) in [6, 6.07) is 17.3. The standard InChI is InChI=1S/C18H18N2O2S/c1-23(22)16-8-6-15(7-9-16)19-18(21)11-13-20-12-10-14-4-2-3-5-17(14)20/h2-10,12H,11,13H2,1H3,(H,19,21)/t23-/m0/s1. The fraction of sp³-hybridized carbons (Fsp3) is 0.167. The molecule has 0 radical (unpaired) electrons. The average molecular weight is 326 g/mol. The zero-order valence-electron chi connectivity index (χ0n) is 12.9. The van der Waals surface area contributed by atoms with Crippen LogP contribution in [0.15, 0.2) is 65.7 Å². The highest BCUT2D eigenvalue weighted by Crippen LogP contribution is 2.16. The highest BCUT2D eigenvalue weighted by Gasteiger charge is 2.05. The monoisotopic (exact) mass is 326 g/mol. The first-order valence-corrected chi connectivity index (χ1v) is 8.96. The van der Waals surface area contributed by atoms with Crippen molar-refractivity contribution < 1.29 is 9.00 Å². The van der Waals surface area contributed by atoms with E-state index in [4.69, 9.17) is 0 Å². The number of rotatable bonds is 5. The van der Waals surface area contributed by atoms with Crippen molar-refractivity contribution in [3.8, 4) is 0 Å². The Hall–Kier alpha value is -2.40. The van der Waals surface area contributed by atoms with Crippen molar-refractivity contribution in [2.24, 2.45) is 0 Å². The van der Waals surface area contributed by atoms with E-state index < -0.39 is 10.8 Å². The van der Waals surface area contributed by atoms with Gasteiger partial charge in [0.05, 0.1) is 0 Å². The number of fused-ring (bicyclic) bond motifs is 1. The summed E-state index contributed by atoms with van der Waals surface area (Å²) in [5.41, 5.74) is 1.86. The molecule has 1 N–H and O–H groups in total. The van der Waals surface area contributed by atoms with Crippen molar-refractivity contribution in [2.45, 2.75) is 17.9 Å². The van der Waals surface area contributed by atoms with Gasteiger partial charge in [-0.25, -0.2) is 0 Å². The fourth-order valence-electron chi connectivity index (χ4n) is 2.51. The number of anilines is 1. The smallest absolute Gasteiger partial charge is 0.226 e. The van der Waals surface area contributed by atoms with E-state index in [0.29, 0.717) is 13.0 Å². The third-order valence-corrected chi connectivity index (χ3v) is 4.67. The van der Waals surface area contributed by atoms with Crippen LogP contribution < -0.4 is 5.32 Å². The number of amides is 1. The Bertz CT molecular complexity index is 853. The van der Waals surface area contributed by atoms with Gasteiger partial charge in [-0.3, -0.25) is 9.00 Å². The highest BCUT2D eigenvalue weighted by atomic mass is 32.2. The molecule has 23 heavy (non-hydrogen) atoms. The summed E-state index contributed by atoms with van der Waals surface area (Å²) >= 11 is 0. The molecule has 0 spiro atoms. The van der Waals surface area contributed by atoms with Gasteiger partial charge in [0.2, 0.25) is 5.91 Å². The van der Waals surface area contributed by atoms with Crippen LogP contribution in [-0.4, -0.2) is 20.9 Å².